The highest BCUT2D eigenvalue weighted by Crippen LogP contribution is 2.43. The van der Waals surface area contributed by atoms with Gasteiger partial charge in [0, 0.05) is 87.6 Å². The zero-order valence-corrected chi connectivity index (χ0v) is 26.6. The van der Waals surface area contributed by atoms with Gasteiger partial charge in [-0.3, -0.25) is 15.2 Å². The molecule has 0 aliphatic carbocycles. The molecule has 1 saturated heterocycles. The summed E-state index contributed by atoms with van der Waals surface area (Å²) in [7, 11) is 4.32. The fourth-order valence-electron chi connectivity index (χ4n) is 4.79. The monoisotopic (exact) mass is 664 g/mol. The van der Waals surface area contributed by atoms with Crippen LogP contribution in [0.5, 0.6) is 0 Å². The number of amides is 2. The van der Waals surface area contributed by atoms with Crippen molar-refractivity contribution in [3.63, 3.8) is 0 Å². The molecule has 4 rings (SSSR count). The second kappa shape index (κ2) is 15.4. The predicted molar refractivity (Wildman–Crippen MR) is 165 cm³/mol. The van der Waals surface area contributed by atoms with Crippen molar-refractivity contribution < 1.29 is 37.0 Å². The normalized spacial score (nSPS) is 14.2. The van der Waals surface area contributed by atoms with Crippen molar-refractivity contribution in [3.05, 3.63) is 46.4 Å². The Morgan fingerprint density at radius 2 is 1.76 bits per heavy atom. The maximum atomic E-state index is 14.4. The number of anilines is 1. The predicted octanol–water partition coefficient (Wildman–Crippen LogP) is 3.34. The summed E-state index contributed by atoms with van der Waals surface area (Å²) in [5.74, 6) is -1.95. The second-order valence-electron chi connectivity index (χ2n) is 10.3. The number of rotatable bonds is 11. The van der Waals surface area contributed by atoms with E-state index in [1.165, 1.54) is 31.8 Å². The third kappa shape index (κ3) is 8.34. The van der Waals surface area contributed by atoms with Gasteiger partial charge in [0.2, 0.25) is 0 Å². The van der Waals surface area contributed by atoms with Crippen LogP contribution < -0.4 is 16.0 Å². The molecule has 0 radical (unpaired) electrons. The molecule has 3 aromatic rings. The van der Waals surface area contributed by atoms with E-state index >= 15 is 0 Å². The molecule has 0 unspecified atom stereocenters. The molecule has 0 aromatic carbocycles. The van der Waals surface area contributed by atoms with Crippen LogP contribution in [0, 0.1) is 0 Å². The van der Waals surface area contributed by atoms with Gasteiger partial charge in [-0.15, -0.1) is 11.3 Å². The first kappa shape index (κ1) is 34.7. The number of likely N-dealkylation sites (N-methyl/N-ethyl adjacent to an activating group) is 1. The molecule has 46 heavy (non-hydrogen) atoms. The lowest BCUT2D eigenvalue weighted by molar-refractivity contribution is -0.141. The van der Waals surface area contributed by atoms with E-state index in [1.54, 1.807) is 6.92 Å². The molecule has 3 N–H and O–H groups in total. The summed E-state index contributed by atoms with van der Waals surface area (Å²) in [4.78, 5) is 54.6. The minimum Gasteiger partial charge on any atom is -0.465 e. The molecule has 1 fully saturated rings. The third-order valence-corrected chi connectivity index (χ3v) is 8.25. The molecule has 17 heteroatoms. The van der Waals surface area contributed by atoms with Crippen LogP contribution in [-0.4, -0.2) is 110 Å². The van der Waals surface area contributed by atoms with Gasteiger partial charge in [0.25, 0.3) is 0 Å². The highest BCUT2D eigenvalue weighted by Gasteiger charge is 2.39. The van der Waals surface area contributed by atoms with Crippen molar-refractivity contribution in [3.8, 4) is 21.7 Å². The minimum absolute atomic E-state index is 0.0513. The van der Waals surface area contributed by atoms with E-state index in [1.807, 2.05) is 7.05 Å². The topological polar surface area (TPSA) is 151 Å². The number of carbonyl (C=O) groups excluding carboxylic acids is 3. The van der Waals surface area contributed by atoms with E-state index in [2.05, 4.69) is 40.7 Å². The molecule has 0 saturated carbocycles. The van der Waals surface area contributed by atoms with Crippen LogP contribution in [0.3, 0.4) is 0 Å². The Kier molecular flexibility index (Phi) is 11.6. The van der Waals surface area contributed by atoms with E-state index in [9.17, 15) is 27.6 Å². The number of aromatic nitrogens is 3. The largest absolute Gasteiger partial charge is 0.465 e. The van der Waals surface area contributed by atoms with Crippen molar-refractivity contribution in [1.82, 2.24) is 35.4 Å². The molecule has 0 bridgehead atoms. The molecule has 3 aromatic heterocycles. The van der Waals surface area contributed by atoms with E-state index in [4.69, 9.17) is 9.47 Å². The van der Waals surface area contributed by atoms with Crippen LogP contribution in [-0.2, 0) is 22.2 Å². The first-order chi connectivity index (χ1) is 22.0. The number of carbonyl (C=O) groups is 3. The first-order valence-corrected chi connectivity index (χ1v) is 15.2. The minimum atomic E-state index is -4.81. The molecule has 1 aliphatic rings. The van der Waals surface area contributed by atoms with Gasteiger partial charge in [0.15, 0.2) is 5.69 Å². The number of thiazole rings is 1. The highest BCUT2D eigenvalue weighted by atomic mass is 32.1. The van der Waals surface area contributed by atoms with Gasteiger partial charge >= 0.3 is 24.1 Å². The molecule has 13 nitrogen and oxygen atoms in total. The average molecular weight is 665 g/mol. The van der Waals surface area contributed by atoms with Crippen molar-refractivity contribution in [2.24, 2.45) is 0 Å². The summed E-state index contributed by atoms with van der Waals surface area (Å²) in [6.07, 6.45) is -0.948. The van der Waals surface area contributed by atoms with E-state index < -0.39 is 29.8 Å². The molecule has 4 heterocycles. The number of methoxy groups -OCH3 is 2. The number of esters is 2. The Labute approximate surface area is 267 Å². The van der Waals surface area contributed by atoms with Crippen LogP contribution in [0.4, 0.5) is 23.8 Å². The van der Waals surface area contributed by atoms with Crippen LogP contribution >= 0.6 is 11.3 Å². The number of piperazine rings is 1. The van der Waals surface area contributed by atoms with Gasteiger partial charge in [-0.05, 0) is 20.0 Å². The SMILES string of the molecule is CCNC(=O)Nc1ncc(-c2cncc(C(=O)OC)c2)c(-c2nc(C(F)(F)F)c(CNCCN3CCN(C)CC3)s2)c1C(=O)OC. The molecular weight excluding hydrogens is 629 g/mol. The molecule has 2 amide bonds. The number of hydrogen-bond donors (Lipinski definition) is 3. The Morgan fingerprint density at radius 1 is 1.04 bits per heavy atom. The quantitative estimate of drug-likeness (QED) is 0.205. The molecule has 0 spiro atoms. The van der Waals surface area contributed by atoms with Crippen LogP contribution in [0.25, 0.3) is 21.7 Å². The van der Waals surface area contributed by atoms with Crippen molar-refractivity contribution in [2.45, 2.75) is 19.6 Å². The molecule has 0 atom stereocenters. The summed E-state index contributed by atoms with van der Waals surface area (Å²) >= 11 is 0.740. The number of hydrogen-bond acceptors (Lipinski definition) is 12. The fraction of sp³-hybridized carbons (Fsp3) is 0.448. The van der Waals surface area contributed by atoms with Crippen molar-refractivity contribution >= 4 is 35.1 Å². The van der Waals surface area contributed by atoms with Gasteiger partial charge in [-0.25, -0.2) is 24.4 Å². The lowest BCUT2D eigenvalue weighted by Gasteiger charge is -2.32. The Balaban J connectivity index is 1.82. The zero-order valence-electron chi connectivity index (χ0n) is 25.8. The average Bonchev–Trinajstić information content (AvgIpc) is 3.48. The van der Waals surface area contributed by atoms with Crippen molar-refractivity contribution in [2.75, 3.05) is 72.4 Å². The number of pyridine rings is 2. The lowest BCUT2D eigenvalue weighted by atomic mass is 9.97. The molecule has 248 valence electrons. The summed E-state index contributed by atoms with van der Waals surface area (Å²) in [5, 5.41) is 7.90. The lowest BCUT2D eigenvalue weighted by Crippen LogP contribution is -2.46. The summed E-state index contributed by atoms with van der Waals surface area (Å²) < 4.78 is 52.8. The van der Waals surface area contributed by atoms with Gasteiger partial charge in [-0.2, -0.15) is 13.2 Å². The maximum Gasteiger partial charge on any atom is 0.434 e. The number of halogens is 3. The van der Waals surface area contributed by atoms with Crippen molar-refractivity contribution in [1.29, 1.82) is 0 Å². The number of nitrogens with zero attached hydrogens (tertiary/aromatic N) is 5. The number of ether oxygens (including phenoxy) is 2. The smallest absolute Gasteiger partial charge is 0.434 e. The van der Waals surface area contributed by atoms with E-state index in [0.717, 1.165) is 44.6 Å². The second-order valence-corrected chi connectivity index (χ2v) is 11.4. The van der Waals surface area contributed by atoms with Crippen LogP contribution in [0.1, 0.15) is 38.2 Å². The number of nitrogens with one attached hydrogen (secondary N) is 3. The van der Waals surface area contributed by atoms with E-state index in [-0.39, 0.29) is 56.6 Å². The standard InChI is InChI=1S/C29H35F3N8O5S/c1-5-35-28(43)38-24-22(27(42)45-4)21(19(15-36-24)17-12-18(14-34-13-17)26(41)44-3)25-37-23(29(30,31)32)20(46-25)16-33-6-7-40-10-8-39(2)9-11-40/h12-15,33H,5-11,16H2,1-4H3,(H2,35,36,38,43). The van der Waals surface area contributed by atoms with Gasteiger partial charge < -0.3 is 25.0 Å². The Morgan fingerprint density at radius 3 is 2.41 bits per heavy atom. The van der Waals surface area contributed by atoms with Gasteiger partial charge in [0.1, 0.15) is 16.4 Å². The third-order valence-electron chi connectivity index (χ3n) is 7.17. The number of alkyl halides is 3. The zero-order chi connectivity index (χ0) is 33.4. The summed E-state index contributed by atoms with van der Waals surface area (Å²) in [6, 6.07) is 0.699. The first-order valence-electron chi connectivity index (χ1n) is 14.4. The van der Waals surface area contributed by atoms with E-state index in [0.29, 0.717) is 13.1 Å². The highest BCUT2D eigenvalue weighted by molar-refractivity contribution is 7.15. The fourth-order valence-corrected chi connectivity index (χ4v) is 5.90. The molecular formula is C29H35F3N8O5S. The van der Waals surface area contributed by atoms with Crippen LogP contribution in [0.2, 0.25) is 0 Å². The summed E-state index contributed by atoms with van der Waals surface area (Å²) in [5.41, 5.74) is -1.12. The van der Waals surface area contributed by atoms with Gasteiger partial charge in [0.05, 0.1) is 24.7 Å². The number of urea groups is 1. The maximum absolute atomic E-state index is 14.4. The van der Waals surface area contributed by atoms with Gasteiger partial charge in [-0.1, -0.05) is 0 Å². The Bertz CT molecular complexity index is 1560. The summed E-state index contributed by atoms with van der Waals surface area (Å²) in [6.45, 7) is 6.51. The van der Waals surface area contributed by atoms with Crippen LogP contribution in [0.15, 0.2) is 24.7 Å². The molecule has 1 aliphatic heterocycles. The Hall–Kier alpha value is -4.19.